The van der Waals surface area contributed by atoms with Gasteiger partial charge in [-0.05, 0) is 35.9 Å². The van der Waals surface area contributed by atoms with Crippen molar-refractivity contribution in [3.63, 3.8) is 0 Å². The molecule has 0 aliphatic heterocycles. The molecule has 0 radical (unpaired) electrons. The molecule has 0 atom stereocenters. The van der Waals surface area contributed by atoms with Crippen LogP contribution in [0.15, 0.2) is 24.3 Å². The zero-order chi connectivity index (χ0) is 17.2. The van der Waals surface area contributed by atoms with Gasteiger partial charge in [-0.15, -0.1) is 10.2 Å². The highest BCUT2D eigenvalue weighted by Crippen LogP contribution is 2.18. The van der Waals surface area contributed by atoms with Crippen LogP contribution in [0.4, 0.5) is 0 Å². The summed E-state index contributed by atoms with van der Waals surface area (Å²) in [7, 11) is 1.58. The molecule has 0 saturated heterocycles. The Balaban J connectivity index is 1.89. The van der Waals surface area contributed by atoms with Gasteiger partial charge in [-0.2, -0.15) is 4.80 Å². The molecular weight excluding hydrogens is 310 g/mol. The standard InChI is InChI=1S/C16H23N5O3/c1-3-4-10-24-14-7-5-13(6-8-14)16-18-20-21(19-16)12-15(22)17-9-11-23-2/h5-8H,3-4,9-12H2,1-2H3,(H,17,22). The molecular formula is C16H23N5O3. The van der Waals surface area contributed by atoms with Crippen molar-refractivity contribution < 1.29 is 14.3 Å². The van der Waals surface area contributed by atoms with E-state index in [-0.39, 0.29) is 12.5 Å². The van der Waals surface area contributed by atoms with Crippen LogP contribution in [0.25, 0.3) is 11.4 Å². The molecule has 0 fully saturated rings. The number of hydrogen-bond acceptors (Lipinski definition) is 6. The maximum absolute atomic E-state index is 11.7. The molecule has 1 aromatic heterocycles. The Kier molecular flexibility index (Phi) is 7.16. The van der Waals surface area contributed by atoms with Gasteiger partial charge < -0.3 is 14.8 Å². The van der Waals surface area contributed by atoms with Crippen molar-refractivity contribution in [1.82, 2.24) is 25.5 Å². The fraction of sp³-hybridized carbons (Fsp3) is 0.500. The normalized spacial score (nSPS) is 10.6. The summed E-state index contributed by atoms with van der Waals surface area (Å²) in [5, 5.41) is 14.8. The first kappa shape index (κ1) is 17.9. The molecule has 8 nitrogen and oxygen atoms in total. The van der Waals surface area contributed by atoms with Gasteiger partial charge in [-0.1, -0.05) is 13.3 Å². The molecule has 0 unspecified atom stereocenters. The van der Waals surface area contributed by atoms with Crippen molar-refractivity contribution in [3.8, 4) is 17.1 Å². The minimum atomic E-state index is -0.185. The molecule has 0 saturated carbocycles. The highest BCUT2D eigenvalue weighted by molar-refractivity contribution is 5.75. The van der Waals surface area contributed by atoms with Gasteiger partial charge >= 0.3 is 0 Å². The second kappa shape index (κ2) is 9.61. The Morgan fingerprint density at radius 3 is 2.75 bits per heavy atom. The Bertz CT molecular complexity index is 627. The van der Waals surface area contributed by atoms with Crippen LogP contribution in [0, 0.1) is 0 Å². The lowest BCUT2D eigenvalue weighted by atomic mass is 10.2. The van der Waals surface area contributed by atoms with E-state index in [1.807, 2.05) is 24.3 Å². The quantitative estimate of drug-likeness (QED) is 0.659. The number of nitrogens with zero attached hydrogens (tertiary/aromatic N) is 4. The molecule has 2 aromatic rings. The molecule has 130 valence electrons. The van der Waals surface area contributed by atoms with Crippen molar-refractivity contribution in [2.24, 2.45) is 0 Å². The number of ether oxygens (including phenoxy) is 2. The summed E-state index contributed by atoms with van der Waals surface area (Å²) >= 11 is 0. The molecule has 1 heterocycles. The molecule has 1 amide bonds. The number of amides is 1. The van der Waals surface area contributed by atoms with E-state index in [4.69, 9.17) is 9.47 Å². The lowest BCUT2D eigenvalue weighted by Gasteiger charge is -2.05. The maximum Gasteiger partial charge on any atom is 0.243 e. The Labute approximate surface area is 141 Å². The lowest BCUT2D eigenvalue weighted by Crippen LogP contribution is -2.31. The van der Waals surface area contributed by atoms with E-state index in [1.54, 1.807) is 7.11 Å². The van der Waals surface area contributed by atoms with Crippen molar-refractivity contribution in [1.29, 1.82) is 0 Å². The number of unbranched alkanes of at least 4 members (excludes halogenated alkanes) is 1. The zero-order valence-electron chi connectivity index (χ0n) is 14.1. The van der Waals surface area contributed by atoms with Crippen LogP contribution < -0.4 is 10.1 Å². The van der Waals surface area contributed by atoms with E-state index < -0.39 is 0 Å². The Hall–Kier alpha value is -2.48. The zero-order valence-corrected chi connectivity index (χ0v) is 14.1. The summed E-state index contributed by atoms with van der Waals surface area (Å²) in [6, 6.07) is 7.51. The molecule has 2 rings (SSSR count). The highest BCUT2D eigenvalue weighted by atomic mass is 16.5. The van der Waals surface area contributed by atoms with Crippen LogP contribution in [-0.2, 0) is 16.1 Å². The average Bonchev–Trinajstić information content (AvgIpc) is 3.04. The van der Waals surface area contributed by atoms with E-state index in [1.165, 1.54) is 4.80 Å². The van der Waals surface area contributed by atoms with Crippen molar-refractivity contribution in [2.75, 3.05) is 26.9 Å². The molecule has 0 aliphatic rings. The van der Waals surface area contributed by atoms with Gasteiger partial charge in [0, 0.05) is 19.2 Å². The van der Waals surface area contributed by atoms with Crippen LogP contribution in [0.3, 0.4) is 0 Å². The van der Waals surface area contributed by atoms with Crippen LogP contribution >= 0.6 is 0 Å². The van der Waals surface area contributed by atoms with Crippen LogP contribution in [0.1, 0.15) is 19.8 Å². The van der Waals surface area contributed by atoms with Crippen molar-refractivity contribution in [3.05, 3.63) is 24.3 Å². The van der Waals surface area contributed by atoms with Crippen molar-refractivity contribution >= 4 is 5.91 Å². The predicted molar refractivity (Wildman–Crippen MR) is 88.5 cm³/mol. The summed E-state index contributed by atoms with van der Waals surface area (Å²) in [4.78, 5) is 13.0. The SMILES string of the molecule is CCCCOc1ccc(-c2nnn(CC(=O)NCCOC)n2)cc1. The molecule has 0 spiro atoms. The van der Waals surface area contributed by atoms with Gasteiger partial charge in [0.1, 0.15) is 12.3 Å². The van der Waals surface area contributed by atoms with Gasteiger partial charge in [0.05, 0.1) is 13.2 Å². The number of methoxy groups -OCH3 is 1. The lowest BCUT2D eigenvalue weighted by molar-refractivity contribution is -0.122. The van der Waals surface area contributed by atoms with Gasteiger partial charge in [0.25, 0.3) is 0 Å². The van der Waals surface area contributed by atoms with Crippen LogP contribution in [0.2, 0.25) is 0 Å². The molecule has 24 heavy (non-hydrogen) atoms. The first-order valence-corrected chi connectivity index (χ1v) is 7.99. The number of aromatic nitrogens is 4. The number of nitrogens with one attached hydrogen (secondary N) is 1. The fourth-order valence-corrected chi connectivity index (χ4v) is 1.94. The highest BCUT2D eigenvalue weighted by Gasteiger charge is 2.09. The average molecular weight is 333 g/mol. The van der Waals surface area contributed by atoms with E-state index in [2.05, 4.69) is 27.7 Å². The summed E-state index contributed by atoms with van der Waals surface area (Å²) in [5.74, 6) is 1.10. The fourth-order valence-electron chi connectivity index (χ4n) is 1.94. The van der Waals surface area contributed by atoms with E-state index in [9.17, 15) is 4.79 Å². The molecule has 1 N–H and O–H groups in total. The number of tetrazole rings is 1. The van der Waals surface area contributed by atoms with E-state index in [0.717, 1.165) is 24.2 Å². The van der Waals surface area contributed by atoms with Crippen LogP contribution in [-0.4, -0.2) is 53.0 Å². The summed E-state index contributed by atoms with van der Waals surface area (Å²) in [5.41, 5.74) is 0.823. The first-order valence-electron chi connectivity index (χ1n) is 7.99. The van der Waals surface area contributed by atoms with E-state index >= 15 is 0 Å². The Morgan fingerprint density at radius 1 is 1.25 bits per heavy atom. The largest absolute Gasteiger partial charge is 0.494 e. The molecule has 8 heteroatoms. The predicted octanol–water partition coefficient (Wildman–Crippen LogP) is 1.28. The maximum atomic E-state index is 11.7. The molecule has 0 bridgehead atoms. The number of hydrogen-bond donors (Lipinski definition) is 1. The van der Waals surface area contributed by atoms with Crippen LogP contribution in [0.5, 0.6) is 5.75 Å². The monoisotopic (exact) mass is 333 g/mol. The third-order valence-corrected chi connectivity index (χ3v) is 3.25. The first-order chi connectivity index (χ1) is 11.7. The van der Waals surface area contributed by atoms with E-state index in [0.29, 0.717) is 25.6 Å². The van der Waals surface area contributed by atoms with Gasteiger partial charge in [-0.3, -0.25) is 4.79 Å². The number of carbonyl (C=O) groups is 1. The summed E-state index contributed by atoms with van der Waals surface area (Å²) < 4.78 is 10.5. The second-order valence-corrected chi connectivity index (χ2v) is 5.21. The topological polar surface area (TPSA) is 91.2 Å². The number of rotatable bonds is 10. The second-order valence-electron chi connectivity index (χ2n) is 5.21. The molecule has 1 aromatic carbocycles. The van der Waals surface area contributed by atoms with Gasteiger partial charge in [0.2, 0.25) is 11.7 Å². The Morgan fingerprint density at radius 2 is 2.04 bits per heavy atom. The molecule has 0 aliphatic carbocycles. The van der Waals surface area contributed by atoms with Gasteiger partial charge in [-0.25, -0.2) is 0 Å². The third-order valence-electron chi connectivity index (χ3n) is 3.25. The van der Waals surface area contributed by atoms with Crippen molar-refractivity contribution in [2.45, 2.75) is 26.3 Å². The minimum Gasteiger partial charge on any atom is -0.494 e. The summed E-state index contributed by atoms with van der Waals surface area (Å²) in [6.07, 6.45) is 2.13. The third kappa shape index (κ3) is 5.62. The number of carbonyl (C=O) groups excluding carboxylic acids is 1. The number of benzene rings is 1. The minimum absolute atomic E-state index is 0.0227. The van der Waals surface area contributed by atoms with Gasteiger partial charge in [0.15, 0.2) is 0 Å². The smallest absolute Gasteiger partial charge is 0.243 e. The summed E-state index contributed by atoms with van der Waals surface area (Å²) in [6.45, 7) is 3.78.